The van der Waals surface area contributed by atoms with Crippen LogP contribution in [-0.2, 0) is 21.4 Å². The Morgan fingerprint density at radius 2 is 1.68 bits per heavy atom. The van der Waals surface area contributed by atoms with Crippen molar-refractivity contribution in [3.63, 3.8) is 0 Å². The third-order valence-corrected chi connectivity index (χ3v) is 5.49. The van der Waals surface area contributed by atoms with E-state index in [0.29, 0.717) is 18.8 Å². The number of carbonyl (C=O) groups is 1. The first-order valence-electron chi connectivity index (χ1n) is 9.19. The second-order valence-corrected chi connectivity index (χ2v) is 8.73. The van der Waals surface area contributed by atoms with Crippen LogP contribution in [0.3, 0.4) is 0 Å². The summed E-state index contributed by atoms with van der Waals surface area (Å²) < 4.78 is 31.4. The Hall–Kier alpha value is -2.54. The standard InChI is InChI=1S/C21H28N2O4S/c1-6-27-20-9-7-18(8-10-20)14-22-21(24)17(4)23(28(5,25)26)19-12-15(2)11-16(3)13-19/h7-13,17H,6,14H2,1-5H3,(H,22,24)/t17-/m0/s1. The molecule has 28 heavy (non-hydrogen) atoms. The molecular weight excluding hydrogens is 376 g/mol. The second kappa shape index (κ2) is 9.10. The van der Waals surface area contributed by atoms with Crippen LogP contribution >= 0.6 is 0 Å². The van der Waals surface area contributed by atoms with Crippen molar-refractivity contribution in [1.82, 2.24) is 5.32 Å². The Bertz CT molecular complexity index is 904. The number of ether oxygens (including phenoxy) is 1. The number of hydrogen-bond donors (Lipinski definition) is 1. The monoisotopic (exact) mass is 404 g/mol. The lowest BCUT2D eigenvalue weighted by Gasteiger charge is -2.28. The molecule has 152 valence electrons. The first kappa shape index (κ1) is 21.8. The molecule has 1 atom stereocenters. The summed E-state index contributed by atoms with van der Waals surface area (Å²) in [6.07, 6.45) is 1.11. The summed E-state index contributed by atoms with van der Waals surface area (Å²) in [5.74, 6) is 0.405. The maximum absolute atomic E-state index is 12.7. The Morgan fingerprint density at radius 3 is 2.18 bits per heavy atom. The van der Waals surface area contributed by atoms with Crippen LogP contribution in [0.1, 0.15) is 30.5 Å². The van der Waals surface area contributed by atoms with Crippen LogP contribution in [0.2, 0.25) is 0 Å². The first-order valence-corrected chi connectivity index (χ1v) is 11.0. The van der Waals surface area contributed by atoms with E-state index in [1.807, 2.05) is 51.1 Å². The van der Waals surface area contributed by atoms with Gasteiger partial charge in [0.15, 0.2) is 0 Å². The number of rotatable bonds is 8. The van der Waals surface area contributed by atoms with Gasteiger partial charge in [-0.25, -0.2) is 8.42 Å². The maximum atomic E-state index is 12.7. The molecule has 0 saturated carbocycles. The molecule has 1 amide bonds. The second-order valence-electron chi connectivity index (χ2n) is 6.88. The van der Waals surface area contributed by atoms with Crippen molar-refractivity contribution in [2.24, 2.45) is 0 Å². The summed E-state index contributed by atoms with van der Waals surface area (Å²) in [6, 6.07) is 12.0. The SMILES string of the molecule is CCOc1ccc(CNC(=O)[C@H](C)N(c2cc(C)cc(C)c2)S(C)(=O)=O)cc1. The zero-order valence-corrected chi connectivity index (χ0v) is 17.8. The molecule has 0 bridgehead atoms. The molecule has 0 radical (unpaired) electrons. The van der Waals surface area contributed by atoms with Crippen LogP contribution < -0.4 is 14.4 Å². The topological polar surface area (TPSA) is 75.7 Å². The Labute approximate surface area is 167 Å². The Balaban J connectivity index is 2.15. The first-order chi connectivity index (χ1) is 13.1. The fraction of sp³-hybridized carbons (Fsp3) is 0.381. The van der Waals surface area contributed by atoms with E-state index in [1.54, 1.807) is 19.1 Å². The van der Waals surface area contributed by atoms with Gasteiger partial charge in [0.2, 0.25) is 15.9 Å². The fourth-order valence-corrected chi connectivity index (χ4v) is 4.25. The van der Waals surface area contributed by atoms with Gasteiger partial charge in [0.05, 0.1) is 18.6 Å². The summed E-state index contributed by atoms with van der Waals surface area (Å²) in [6.45, 7) is 8.19. The van der Waals surface area contributed by atoms with E-state index in [-0.39, 0.29) is 5.91 Å². The molecule has 2 aromatic carbocycles. The molecule has 0 unspecified atom stereocenters. The average Bonchev–Trinajstić information content (AvgIpc) is 2.59. The highest BCUT2D eigenvalue weighted by Gasteiger charge is 2.29. The van der Waals surface area contributed by atoms with E-state index in [2.05, 4.69) is 5.32 Å². The summed E-state index contributed by atoms with van der Waals surface area (Å²) >= 11 is 0. The molecule has 2 aromatic rings. The van der Waals surface area contributed by atoms with E-state index < -0.39 is 16.1 Å². The maximum Gasteiger partial charge on any atom is 0.243 e. The average molecular weight is 405 g/mol. The van der Waals surface area contributed by atoms with Gasteiger partial charge < -0.3 is 10.1 Å². The minimum Gasteiger partial charge on any atom is -0.494 e. The van der Waals surface area contributed by atoms with Crippen LogP contribution in [0.5, 0.6) is 5.75 Å². The molecule has 0 aliphatic heterocycles. The van der Waals surface area contributed by atoms with Crippen LogP contribution in [0.4, 0.5) is 5.69 Å². The number of benzene rings is 2. The van der Waals surface area contributed by atoms with Gasteiger partial charge in [-0.05, 0) is 68.7 Å². The lowest BCUT2D eigenvalue weighted by Crippen LogP contribution is -2.47. The van der Waals surface area contributed by atoms with Crippen molar-refractivity contribution in [2.45, 2.75) is 40.3 Å². The van der Waals surface area contributed by atoms with E-state index >= 15 is 0 Å². The minimum atomic E-state index is -3.63. The summed E-state index contributed by atoms with van der Waals surface area (Å²) in [7, 11) is -3.63. The van der Waals surface area contributed by atoms with Crippen LogP contribution in [0.25, 0.3) is 0 Å². The smallest absolute Gasteiger partial charge is 0.243 e. The largest absolute Gasteiger partial charge is 0.494 e. The predicted octanol–water partition coefficient (Wildman–Crippen LogP) is 3.17. The van der Waals surface area contributed by atoms with Crippen LogP contribution in [0.15, 0.2) is 42.5 Å². The van der Waals surface area contributed by atoms with E-state index in [1.165, 1.54) is 4.31 Å². The molecule has 0 fully saturated rings. The molecule has 1 N–H and O–H groups in total. The normalized spacial score (nSPS) is 12.3. The lowest BCUT2D eigenvalue weighted by atomic mass is 10.1. The molecule has 0 aliphatic carbocycles. The zero-order chi connectivity index (χ0) is 20.9. The highest BCUT2D eigenvalue weighted by Crippen LogP contribution is 2.24. The number of nitrogens with one attached hydrogen (secondary N) is 1. The number of nitrogens with zero attached hydrogens (tertiary/aromatic N) is 1. The van der Waals surface area contributed by atoms with Crippen molar-refractivity contribution >= 4 is 21.6 Å². The zero-order valence-electron chi connectivity index (χ0n) is 17.0. The quantitative estimate of drug-likeness (QED) is 0.733. The molecule has 0 saturated heterocycles. The number of aryl methyl sites for hydroxylation is 2. The minimum absolute atomic E-state index is 0.306. The molecule has 0 spiro atoms. The van der Waals surface area contributed by atoms with Gasteiger partial charge in [-0.2, -0.15) is 0 Å². The Morgan fingerprint density at radius 1 is 1.11 bits per heavy atom. The van der Waals surface area contributed by atoms with Gasteiger partial charge >= 0.3 is 0 Å². The molecule has 2 rings (SSSR count). The summed E-state index contributed by atoms with van der Waals surface area (Å²) in [5.41, 5.74) is 3.27. The molecular formula is C21H28N2O4S. The predicted molar refractivity (Wildman–Crippen MR) is 112 cm³/mol. The lowest BCUT2D eigenvalue weighted by molar-refractivity contribution is -0.122. The van der Waals surface area contributed by atoms with E-state index in [4.69, 9.17) is 4.74 Å². The van der Waals surface area contributed by atoms with Crippen molar-refractivity contribution < 1.29 is 17.9 Å². The number of amides is 1. The molecule has 7 heteroatoms. The van der Waals surface area contributed by atoms with Gasteiger partial charge in [-0.15, -0.1) is 0 Å². The van der Waals surface area contributed by atoms with E-state index in [0.717, 1.165) is 28.7 Å². The highest BCUT2D eigenvalue weighted by molar-refractivity contribution is 7.92. The Kier molecular flexibility index (Phi) is 7.07. The summed E-state index contributed by atoms with van der Waals surface area (Å²) in [4.78, 5) is 12.7. The third kappa shape index (κ3) is 5.73. The fourth-order valence-electron chi connectivity index (χ4n) is 3.09. The van der Waals surface area contributed by atoms with Gasteiger partial charge in [0.25, 0.3) is 0 Å². The molecule has 0 aliphatic rings. The highest BCUT2D eigenvalue weighted by atomic mass is 32.2. The van der Waals surface area contributed by atoms with Gasteiger partial charge in [-0.1, -0.05) is 18.2 Å². The van der Waals surface area contributed by atoms with Crippen molar-refractivity contribution in [3.8, 4) is 5.75 Å². The molecule has 6 nitrogen and oxygen atoms in total. The van der Waals surface area contributed by atoms with Gasteiger partial charge in [0, 0.05) is 6.54 Å². The van der Waals surface area contributed by atoms with E-state index in [9.17, 15) is 13.2 Å². The van der Waals surface area contributed by atoms with Crippen LogP contribution in [-0.4, -0.2) is 33.2 Å². The molecule has 0 aromatic heterocycles. The number of sulfonamides is 1. The van der Waals surface area contributed by atoms with Crippen molar-refractivity contribution in [2.75, 3.05) is 17.2 Å². The van der Waals surface area contributed by atoms with Crippen molar-refractivity contribution in [3.05, 3.63) is 59.2 Å². The summed E-state index contributed by atoms with van der Waals surface area (Å²) in [5, 5.41) is 2.82. The third-order valence-electron chi connectivity index (χ3n) is 4.25. The number of carbonyl (C=O) groups excluding carboxylic acids is 1. The van der Waals surface area contributed by atoms with Gasteiger partial charge in [0.1, 0.15) is 11.8 Å². The van der Waals surface area contributed by atoms with Gasteiger partial charge in [-0.3, -0.25) is 9.10 Å². The van der Waals surface area contributed by atoms with Crippen LogP contribution in [0, 0.1) is 13.8 Å². The van der Waals surface area contributed by atoms with Crippen molar-refractivity contribution in [1.29, 1.82) is 0 Å². The number of anilines is 1. The number of hydrogen-bond acceptors (Lipinski definition) is 4. The molecule has 0 heterocycles.